The Balaban J connectivity index is 1.73. The predicted molar refractivity (Wildman–Crippen MR) is 93.8 cm³/mol. The average Bonchev–Trinajstić information content (AvgIpc) is 2.55. The van der Waals surface area contributed by atoms with Crippen LogP contribution in [-0.4, -0.2) is 54.1 Å². The minimum absolute atomic E-state index is 0.363. The third-order valence-electron chi connectivity index (χ3n) is 4.78. The first kappa shape index (κ1) is 18.0. The number of piperidine rings is 1. The fourth-order valence-electron chi connectivity index (χ4n) is 3.30. The summed E-state index contributed by atoms with van der Waals surface area (Å²) in [6.45, 7) is 7.90. The highest BCUT2D eigenvalue weighted by atomic mass is 16.4. The lowest BCUT2D eigenvalue weighted by Crippen LogP contribution is -2.37. The molecule has 1 aromatic rings. The van der Waals surface area contributed by atoms with Crippen LogP contribution in [0.4, 0.5) is 0 Å². The number of aromatic carboxylic acids is 1. The maximum absolute atomic E-state index is 10.9. The van der Waals surface area contributed by atoms with Crippen molar-refractivity contribution in [3.05, 3.63) is 35.4 Å². The normalized spacial score (nSPS) is 16.8. The summed E-state index contributed by atoms with van der Waals surface area (Å²) in [7, 11) is 2.24. The van der Waals surface area contributed by atoms with Crippen molar-refractivity contribution in [2.24, 2.45) is 5.92 Å². The van der Waals surface area contributed by atoms with Gasteiger partial charge in [-0.1, -0.05) is 25.5 Å². The van der Waals surface area contributed by atoms with Crippen molar-refractivity contribution in [2.45, 2.75) is 39.2 Å². The number of hydrogen-bond acceptors (Lipinski definition) is 3. The summed E-state index contributed by atoms with van der Waals surface area (Å²) < 4.78 is 0. The van der Waals surface area contributed by atoms with Crippen molar-refractivity contribution in [3.63, 3.8) is 0 Å². The molecule has 2 rings (SSSR count). The lowest BCUT2D eigenvalue weighted by Gasteiger charge is -2.34. The van der Waals surface area contributed by atoms with Gasteiger partial charge >= 0.3 is 5.97 Å². The van der Waals surface area contributed by atoms with Crippen molar-refractivity contribution in [1.29, 1.82) is 0 Å². The Morgan fingerprint density at radius 1 is 1.26 bits per heavy atom. The average molecular weight is 318 g/mol. The van der Waals surface area contributed by atoms with E-state index < -0.39 is 5.97 Å². The maximum Gasteiger partial charge on any atom is 0.335 e. The molecular weight excluding hydrogens is 288 g/mol. The molecule has 1 saturated heterocycles. The van der Waals surface area contributed by atoms with E-state index in [0.717, 1.165) is 25.6 Å². The number of rotatable bonds is 8. The van der Waals surface area contributed by atoms with Gasteiger partial charge in [0.05, 0.1) is 5.56 Å². The van der Waals surface area contributed by atoms with Crippen LogP contribution in [0.25, 0.3) is 0 Å². The van der Waals surface area contributed by atoms with Gasteiger partial charge in [-0.05, 0) is 69.6 Å². The van der Waals surface area contributed by atoms with Crippen molar-refractivity contribution in [1.82, 2.24) is 9.80 Å². The first-order valence-electron chi connectivity index (χ1n) is 8.81. The third kappa shape index (κ3) is 5.96. The summed E-state index contributed by atoms with van der Waals surface area (Å²) >= 11 is 0. The number of carbonyl (C=O) groups is 1. The number of unbranched alkanes of at least 4 members (excludes halogenated alkanes) is 1. The first-order valence-corrected chi connectivity index (χ1v) is 8.81. The van der Waals surface area contributed by atoms with Gasteiger partial charge < -0.3 is 10.0 Å². The number of carboxylic acid groups (broad SMARTS) is 1. The van der Waals surface area contributed by atoms with E-state index in [9.17, 15) is 4.79 Å². The second-order valence-corrected chi connectivity index (χ2v) is 6.84. The molecule has 4 heteroatoms. The molecule has 23 heavy (non-hydrogen) atoms. The van der Waals surface area contributed by atoms with Gasteiger partial charge in [0.25, 0.3) is 0 Å². The number of likely N-dealkylation sites (tertiary alicyclic amines) is 1. The molecule has 0 aliphatic carbocycles. The summed E-state index contributed by atoms with van der Waals surface area (Å²) in [6.07, 6.45) is 5.10. The highest BCUT2D eigenvalue weighted by Crippen LogP contribution is 2.20. The van der Waals surface area contributed by atoms with E-state index in [1.54, 1.807) is 12.1 Å². The summed E-state index contributed by atoms with van der Waals surface area (Å²) in [5.41, 5.74) is 1.57. The molecule has 0 radical (unpaired) electrons. The van der Waals surface area contributed by atoms with Crippen LogP contribution in [0.3, 0.4) is 0 Å². The van der Waals surface area contributed by atoms with E-state index in [0.29, 0.717) is 5.56 Å². The van der Waals surface area contributed by atoms with Crippen molar-refractivity contribution < 1.29 is 9.90 Å². The van der Waals surface area contributed by atoms with Crippen molar-refractivity contribution >= 4 is 5.97 Å². The van der Waals surface area contributed by atoms with Crippen LogP contribution >= 0.6 is 0 Å². The zero-order valence-electron chi connectivity index (χ0n) is 14.5. The van der Waals surface area contributed by atoms with E-state index in [1.807, 2.05) is 12.1 Å². The number of carboxylic acids is 1. The predicted octanol–water partition coefficient (Wildman–Crippen LogP) is 3.33. The van der Waals surface area contributed by atoms with Crippen LogP contribution in [-0.2, 0) is 6.54 Å². The van der Waals surface area contributed by atoms with Crippen LogP contribution < -0.4 is 0 Å². The molecule has 0 aromatic heterocycles. The van der Waals surface area contributed by atoms with E-state index >= 15 is 0 Å². The van der Waals surface area contributed by atoms with Gasteiger partial charge in [0.15, 0.2) is 0 Å². The molecule has 0 saturated carbocycles. The van der Waals surface area contributed by atoms with E-state index in [1.165, 1.54) is 44.3 Å². The van der Waals surface area contributed by atoms with Gasteiger partial charge in [-0.15, -0.1) is 0 Å². The SMILES string of the molecule is CCCCN(C)CC1CCN(Cc2ccc(C(=O)O)cc2)CC1. The fourth-order valence-corrected chi connectivity index (χ4v) is 3.30. The Kier molecular flexibility index (Phi) is 7.06. The Morgan fingerprint density at radius 2 is 1.91 bits per heavy atom. The standard InChI is InChI=1S/C19H30N2O2/c1-3-4-11-20(2)14-17-9-12-21(13-10-17)15-16-5-7-18(8-6-16)19(22)23/h5-8,17H,3-4,9-15H2,1-2H3,(H,22,23). The number of hydrogen-bond donors (Lipinski definition) is 1. The van der Waals surface area contributed by atoms with Gasteiger partial charge in [-0.2, -0.15) is 0 Å². The van der Waals surface area contributed by atoms with Gasteiger partial charge in [0.2, 0.25) is 0 Å². The molecular formula is C19H30N2O2. The molecule has 0 atom stereocenters. The second-order valence-electron chi connectivity index (χ2n) is 6.84. The largest absolute Gasteiger partial charge is 0.478 e. The molecule has 1 aliphatic heterocycles. The maximum atomic E-state index is 10.9. The molecule has 0 amide bonds. The molecule has 1 fully saturated rings. The van der Waals surface area contributed by atoms with Crippen molar-refractivity contribution in [2.75, 3.05) is 33.2 Å². The van der Waals surface area contributed by atoms with Gasteiger partial charge in [0, 0.05) is 13.1 Å². The Bertz CT molecular complexity index is 479. The summed E-state index contributed by atoms with van der Waals surface area (Å²) in [6, 6.07) is 7.28. The lowest BCUT2D eigenvalue weighted by atomic mass is 9.96. The van der Waals surface area contributed by atoms with Crippen LogP contribution in [0.1, 0.15) is 48.5 Å². The smallest absolute Gasteiger partial charge is 0.335 e. The minimum atomic E-state index is -0.857. The van der Waals surface area contributed by atoms with E-state index in [2.05, 4.69) is 23.8 Å². The number of nitrogens with zero attached hydrogens (tertiary/aromatic N) is 2. The van der Waals surface area contributed by atoms with Gasteiger partial charge in [-0.25, -0.2) is 4.79 Å². The van der Waals surface area contributed by atoms with Crippen LogP contribution in [0.15, 0.2) is 24.3 Å². The highest BCUT2D eigenvalue weighted by molar-refractivity contribution is 5.87. The Labute approximate surface area is 140 Å². The Morgan fingerprint density at radius 3 is 2.48 bits per heavy atom. The molecule has 1 N–H and O–H groups in total. The topological polar surface area (TPSA) is 43.8 Å². The quantitative estimate of drug-likeness (QED) is 0.798. The highest BCUT2D eigenvalue weighted by Gasteiger charge is 2.20. The minimum Gasteiger partial charge on any atom is -0.478 e. The Hall–Kier alpha value is -1.39. The zero-order chi connectivity index (χ0) is 16.7. The second kappa shape index (κ2) is 9.04. The third-order valence-corrected chi connectivity index (χ3v) is 4.78. The summed E-state index contributed by atoms with van der Waals surface area (Å²) in [5.74, 6) is -0.0351. The summed E-state index contributed by atoms with van der Waals surface area (Å²) in [4.78, 5) is 15.8. The monoisotopic (exact) mass is 318 g/mol. The first-order chi connectivity index (χ1) is 11.1. The van der Waals surface area contributed by atoms with Crippen LogP contribution in [0, 0.1) is 5.92 Å². The molecule has 1 aromatic carbocycles. The summed E-state index contributed by atoms with van der Waals surface area (Å²) in [5, 5.41) is 8.94. The number of benzene rings is 1. The van der Waals surface area contributed by atoms with E-state index in [-0.39, 0.29) is 0 Å². The molecule has 4 nitrogen and oxygen atoms in total. The molecule has 1 aliphatic rings. The molecule has 1 heterocycles. The lowest BCUT2D eigenvalue weighted by molar-refractivity contribution is 0.0697. The fraction of sp³-hybridized carbons (Fsp3) is 0.632. The van der Waals surface area contributed by atoms with Gasteiger partial charge in [0.1, 0.15) is 0 Å². The zero-order valence-corrected chi connectivity index (χ0v) is 14.5. The van der Waals surface area contributed by atoms with Crippen LogP contribution in [0.5, 0.6) is 0 Å². The molecule has 128 valence electrons. The van der Waals surface area contributed by atoms with Gasteiger partial charge in [-0.3, -0.25) is 4.90 Å². The molecule has 0 unspecified atom stereocenters. The van der Waals surface area contributed by atoms with Crippen molar-refractivity contribution in [3.8, 4) is 0 Å². The van der Waals surface area contributed by atoms with Crippen LogP contribution in [0.2, 0.25) is 0 Å². The molecule has 0 spiro atoms. The molecule has 0 bridgehead atoms. The van der Waals surface area contributed by atoms with E-state index in [4.69, 9.17) is 5.11 Å².